The quantitative estimate of drug-likeness (QED) is 0.731. The highest BCUT2D eigenvalue weighted by atomic mass is 35.5. The first-order valence-electron chi connectivity index (χ1n) is 8.20. The average Bonchev–Trinajstić information content (AvgIpc) is 2.63. The van der Waals surface area contributed by atoms with Crippen molar-refractivity contribution < 1.29 is 19.0 Å². The Labute approximate surface area is 159 Å². The molecule has 0 saturated heterocycles. The fourth-order valence-electron chi connectivity index (χ4n) is 2.59. The second-order valence-corrected chi connectivity index (χ2v) is 6.48. The van der Waals surface area contributed by atoms with E-state index < -0.39 is 0 Å². The monoisotopic (exact) mass is 377 g/mol. The van der Waals surface area contributed by atoms with E-state index in [1.165, 1.54) is 0 Å². The van der Waals surface area contributed by atoms with Gasteiger partial charge in [-0.3, -0.25) is 4.79 Å². The summed E-state index contributed by atoms with van der Waals surface area (Å²) in [7, 11) is 4.91. The molecule has 0 aliphatic rings. The van der Waals surface area contributed by atoms with Crippen LogP contribution in [-0.2, 0) is 11.3 Å². The van der Waals surface area contributed by atoms with Crippen LogP contribution in [0.15, 0.2) is 30.3 Å². The molecule has 2 aromatic rings. The Balaban J connectivity index is 1.97. The standard InChI is InChI=1S/C20H24ClNO4/c1-13-8-16(9-14(2)20(13)21)26-12-19(23)22(3)11-15-6-7-17(24-4)18(10-15)25-5/h6-10H,11-12H2,1-5H3. The Morgan fingerprint density at radius 2 is 1.65 bits per heavy atom. The van der Waals surface area contributed by atoms with Crippen LogP contribution in [0.4, 0.5) is 0 Å². The smallest absolute Gasteiger partial charge is 0.260 e. The Morgan fingerprint density at radius 3 is 2.23 bits per heavy atom. The summed E-state index contributed by atoms with van der Waals surface area (Å²) in [5.74, 6) is 1.80. The molecule has 140 valence electrons. The normalized spacial score (nSPS) is 10.4. The number of benzene rings is 2. The lowest BCUT2D eigenvalue weighted by atomic mass is 10.1. The predicted molar refractivity (Wildman–Crippen MR) is 102 cm³/mol. The van der Waals surface area contributed by atoms with Gasteiger partial charge in [0.05, 0.1) is 14.2 Å². The van der Waals surface area contributed by atoms with E-state index in [1.54, 1.807) is 26.2 Å². The summed E-state index contributed by atoms with van der Waals surface area (Å²) >= 11 is 6.15. The van der Waals surface area contributed by atoms with Gasteiger partial charge < -0.3 is 19.1 Å². The van der Waals surface area contributed by atoms with Crippen LogP contribution in [-0.4, -0.2) is 38.7 Å². The van der Waals surface area contributed by atoms with Gasteiger partial charge in [-0.15, -0.1) is 0 Å². The van der Waals surface area contributed by atoms with Crippen LogP contribution in [0.5, 0.6) is 17.2 Å². The molecule has 0 heterocycles. The Kier molecular flexibility index (Phi) is 6.75. The SMILES string of the molecule is COc1ccc(CN(C)C(=O)COc2cc(C)c(Cl)c(C)c2)cc1OC. The van der Waals surface area contributed by atoms with Crippen LogP contribution in [0.25, 0.3) is 0 Å². The zero-order valence-electron chi connectivity index (χ0n) is 15.8. The number of rotatable bonds is 7. The number of amides is 1. The van der Waals surface area contributed by atoms with Gasteiger partial charge >= 0.3 is 0 Å². The van der Waals surface area contributed by atoms with Gasteiger partial charge in [-0.05, 0) is 54.8 Å². The molecule has 2 rings (SSSR count). The van der Waals surface area contributed by atoms with Crippen molar-refractivity contribution in [1.82, 2.24) is 4.90 Å². The molecule has 26 heavy (non-hydrogen) atoms. The Bertz CT molecular complexity index is 768. The zero-order valence-corrected chi connectivity index (χ0v) is 16.5. The lowest BCUT2D eigenvalue weighted by molar-refractivity contribution is -0.132. The average molecular weight is 378 g/mol. The number of halogens is 1. The largest absolute Gasteiger partial charge is 0.493 e. The second kappa shape index (κ2) is 8.81. The molecule has 0 N–H and O–H groups in total. The van der Waals surface area contributed by atoms with Crippen LogP contribution in [0.1, 0.15) is 16.7 Å². The molecule has 0 unspecified atom stereocenters. The summed E-state index contributed by atoms with van der Waals surface area (Å²) in [4.78, 5) is 14.0. The van der Waals surface area contributed by atoms with Gasteiger partial charge in [0, 0.05) is 18.6 Å². The summed E-state index contributed by atoms with van der Waals surface area (Å²) < 4.78 is 16.1. The van der Waals surface area contributed by atoms with E-state index in [1.807, 2.05) is 44.2 Å². The molecule has 2 aromatic carbocycles. The van der Waals surface area contributed by atoms with Gasteiger partial charge in [0.15, 0.2) is 18.1 Å². The lowest BCUT2D eigenvalue weighted by Gasteiger charge is -2.19. The number of likely N-dealkylation sites (N-methyl/N-ethyl adjacent to an activating group) is 1. The van der Waals surface area contributed by atoms with Crippen molar-refractivity contribution >= 4 is 17.5 Å². The number of ether oxygens (including phenoxy) is 3. The van der Waals surface area contributed by atoms with Crippen LogP contribution >= 0.6 is 11.6 Å². The topological polar surface area (TPSA) is 48.0 Å². The fraction of sp³-hybridized carbons (Fsp3) is 0.350. The van der Waals surface area contributed by atoms with Crippen molar-refractivity contribution in [2.75, 3.05) is 27.9 Å². The van der Waals surface area contributed by atoms with Crippen LogP contribution in [0.3, 0.4) is 0 Å². The highest BCUT2D eigenvalue weighted by Crippen LogP contribution is 2.28. The number of nitrogens with zero attached hydrogens (tertiary/aromatic N) is 1. The summed E-state index contributed by atoms with van der Waals surface area (Å²) in [6, 6.07) is 9.24. The van der Waals surface area contributed by atoms with Gasteiger partial charge in [-0.1, -0.05) is 17.7 Å². The third-order valence-electron chi connectivity index (χ3n) is 4.07. The third kappa shape index (κ3) is 4.82. The molecule has 0 aliphatic carbocycles. The maximum atomic E-state index is 12.4. The van der Waals surface area contributed by atoms with Crippen molar-refractivity contribution in [2.45, 2.75) is 20.4 Å². The molecule has 0 radical (unpaired) electrons. The number of methoxy groups -OCH3 is 2. The maximum absolute atomic E-state index is 12.4. The van der Waals surface area contributed by atoms with Gasteiger partial charge in [0.2, 0.25) is 0 Å². The first-order valence-corrected chi connectivity index (χ1v) is 8.58. The van der Waals surface area contributed by atoms with Gasteiger partial charge in [0.1, 0.15) is 5.75 Å². The van der Waals surface area contributed by atoms with Gasteiger partial charge in [0.25, 0.3) is 5.91 Å². The lowest BCUT2D eigenvalue weighted by Crippen LogP contribution is -2.31. The zero-order chi connectivity index (χ0) is 19.3. The molecular weight excluding hydrogens is 354 g/mol. The molecule has 0 aliphatic heterocycles. The molecular formula is C20H24ClNO4. The number of aryl methyl sites for hydroxylation is 2. The predicted octanol–water partition coefficient (Wildman–Crippen LogP) is 4.01. The first-order chi connectivity index (χ1) is 12.3. The van der Waals surface area contributed by atoms with Crippen molar-refractivity contribution in [1.29, 1.82) is 0 Å². The van der Waals surface area contributed by atoms with E-state index in [9.17, 15) is 4.79 Å². The minimum atomic E-state index is -0.120. The Hall–Kier alpha value is -2.40. The van der Waals surface area contributed by atoms with Gasteiger partial charge in [-0.2, -0.15) is 0 Å². The highest BCUT2D eigenvalue weighted by molar-refractivity contribution is 6.32. The summed E-state index contributed by atoms with van der Waals surface area (Å²) in [6.45, 7) is 4.23. The fourth-order valence-corrected chi connectivity index (χ4v) is 2.69. The third-order valence-corrected chi connectivity index (χ3v) is 4.66. The number of carbonyl (C=O) groups is 1. The van der Waals surface area contributed by atoms with Crippen molar-refractivity contribution in [3.63, 3.8) is 0 Å². The van der Waals surface area contributed by atoms with E-state index in [0.717, 1.165) is 16.7 Å². The highest BCUT2D eigenvalue weighted by Gasteiger charge is 2.13. The first kappa shape index (κ1) is 19.9. The van der Waals surface area contributed by atoms with E-state index in [-0.39, 0.29) is 12.5 Å². The Morgan fingerprint density at radius 1 is 1.04 bits per heavy atom. The van der Waals surface area contributed by atoms with Crippen LogP contribution in [0.2, 0.25) is 5.02 Å². The van der Waals surface area contributed by atoms with E-state index in [0.29, 0.717) is 28.8 Å². The summed E-state index contributed by atoms with van der Waals surface area (Å²) in [5.41, 5.74) is 2.79. The number of hydrogen-bond donors (Lipinski definition) is 0. The second-order valence-electron chi connectivity index (χ2n) is 6.10. The molecule has 0 spiro atoms. The summed E-state index contributed by atoms with van der Waals surface area (Å²) in [5, 5.41) is 0.717. The van der Waals surface area contributed by atoms with Crippen molar-refractivity contribution in [3.05, 3.63) is 52.0 Å². The summed E-state index contributed by atoms with van der Waals surface area (Å²) in [6.07, 6.45) is 0. The molecule has 0 atom stereocenters. The molecule has 6 heteroatoms. The minimum Gasteiger partial charge on any atom is -0.493 e. The van der Waals surface area contributed by atoms with Crippen LogP contribution in [0, 0.1) is 13.8 Å². The number of hydrogen-bond acceptors (Lipinski definition) is 4. The van der Waals surface area contributed by atoms with Crippen LogP contribution < -0.4 is 14.2 Å². The molecule has 0 aromatic heterocycles. The molecule has 0 bridgehead atoms. The minimum absolute atomic E-state index is 0.0374. The van der Waals surface area contributed by atoms with E-state index in [2.05, 4.69) is 0 Å². The molecule has 0 fully saturated rings. The molecule has 1 amide bonds. The maximum Gasteiger partial charge on any atom is 0.260 e. The molecule has 0 saturated carbocycles. The molecule has 5 nitrogen and oxygen atoms in total. The van der Waals surface area contributed by atoms with E-state index in [4.69, 9.17) is 25.8 Å². The van der Waals surface area contributed by atoms with Crippen molar-refractivity contribution in [2.24, 2.45) is 0 Å². The van der Waals surface area contributed by atoms with Crippen molar-refractivity contribution in [3.8, 4) is 17.2 Å². The van der Waals surface area contributed by atoms with E-state index >= 15 is 0 Å². The number of carbonyl (C=O) groups excluding carboxylic acids is 1. The van der Waals surface area contributed by atoms with Gasteiger partial charge in [-0.25, -0.2) is 0 Å².